The zero-order valence-corrected chi connectivity index (χ0v) is 11.7. The number of halogens is 1. The summed E-state index contributed by atoms with van der Waals surface area (Å²) in [5.74, 6) is 0.259. The highest BCUT2D eigenvalue weighted by Crippen LogP contribution is 2.38. The van der Waals surface area contributed by atoms with Crippen LogP contribution in [0.4, 0.5) is 0 Å². The Hall–Kier alpha value is -0.150. The highest BCUT2D eigenvalue weighted by molar-refractivity contribution is 9.12. The Kier molecular flexibility index (Phi) is 3.55. The summed E-state index contributed by atoms with van der Waals surface area (Å²) in [7, 11) is 0. The van der Waals surface area contributed by atoms with Crippen LogP contribution in [-0.4, -0.2) is 29.8 Å². The molecule has 2 rings (SSSR count). The lowest BCUT2D eigenvalue weighted by molar-refractivity contribution is -0.127. The van der Waals surface area contributed by atoms with Crippen LogP contribution in [0.2, 0.25) is 0 Å². The van der Waals surface area contributed by atoms with Crippen molar-refractivity contribution in [3.8, 4) is 0 Å². The van der Waals surface area contributed by atoms with Crippen LogP contribution in [-0.2, 0) is 4.79 Å². The van der Waals surface area contributed by atoms with Gasteiger partial charge in [0.1, 0.15) is 0 Å². The molecule has 1 saturated heterocycles. The van der Waals surface area contributed by atoms with Gasteiger partial charge >= 0.3 is 0 Å². The Morgan fingerprint density at radius 2 is 1.94 bits per heavy atom. The molecule has 1 unspecified atom stereocenters. The number of rotatable bonds is 1. The van der Waals surface area contributed by atoms with E-state index < -0.39 is 0 Å². The number of ketones is 1. The van der Waals surface area contributed by atoms with Crippen LogP contribution in [0, 0.1) is 5.41 Å². The molecule has 0 spiro atoms. The first kappa shape index (κ1) is 12.3. The van der Waals surface area contributed by atoms with Gasteiger partial charge in [-0.15, -0.1) is 0 Å². The van der Waals surface area contributed by atoms with E-state index in [0.717, 1.165) is 24.0 Å². The number of likely N-dealkylation sites (tertiary alicyclic amines) is 1. The molecule has 0 N–H and O–H groups in total. The van der Waals surface area contributed by atoms with Gasteiger partial charge in [0, 0.05) is 11.5 Å². The van der Waals surface area contributed by atoms with E-state index in [1.807, 2.05) is 6.08 Å². The smallest absolute Gasteiger partial charge is 0.176 e. The van der Waals surface area contributed by atoms with E-state index >= 15 is 0 Å². The monoisotopic (exact) mass is 285 g/mol. The zero-order chi connectivity index (χ0) is 11.8. The topological polar surface area (TPSA) is 20.3 Å². The van der Waals surface area contributed by atoms with Crippen molar-refractivity contribution in [2.75, 3.05) is 13.1 Å². The van der Waals surface area contributed by atoms with Crippen LogP contribution >= 0.6 is 15.9 Å². The van der Waals surface area contributed by atoms with Crippen molar-refractivity contribution in [1.29, 1.82) is 0 Å². The van der Waals surface area contributed by atoms with E-state index in [1.165, 1.54) is 19.3 Å². The third-order valence-electron chi connectivity index (χ3n) is 3.99. The second-order valence-electron chi connectivity index (χ2n) is 5.45. The Balaban J connectivity index is 2.18. The molecule has 0 amide bonds. The van der Waals surface area contributed by atoms with E-state index in [2.05, 4.69) is 34.7 Å². The largest absolute Gasteiger partial charge is 0.299 e. The molecular weight excluding hydrogens is 266 g/mol. The van der Waals surface area contributed by atoms with E-state index in [1.54, 1.807) is 0 Å². The second-order valence-corrected chi connectivity index (χ2v) is 6.31. The maximum Gasteiger partial charge on any atom is 0.176 e. The van der Waals surface area contributed by atoms with Crippen molar-refractivity contribution in [1.82, 2.24) is 4.90 Å². The molecule has 2 aliphatic rings. The molecule has 0 aromatic carbocycles. The highest BCUT2D eigenvalue weighted by atomic mass is 79.9. The van der Waals surface area contributed by atoms with Gasteiger partial charge in [-0.1, -0.05) is 26.3 Å². The minimum absolute atomic E-state index is 0.245. The fourth-order valence-corrected chi connectivity index (χ4v) is 3.59. The number of carbonyl (C=O) groups excluding carboxylic acids is 1. The lowest BCUT2D eigenvalue weighted by Gasteiger charge is -2.44. The SMILES string of the molecule is CC1(C)C(=O)C(Br)=CCC1N1CCCCC1. The predicted octanol–water partition coefficient (Wildman–Crippen LogP) is 3.12. The average Bonchev–Trinajstić information content (AvgIpc) is 2.27. The standard InChI is InChI=1S/C13H20BrNO/c1-13(2)11(7-6-10(14)12(13)16)15-8-4-3-5-9-15/h6,11H,3-5,7-9H2,1-2H3. The molecule has 0 bridgehead atoms. The van der Waals surface area contributed by atoms with Gasteiger partial charge in [-0.3, -0.25) is 9.69 Å². The first-order valence-electron chi connectivity index (χ1n) is 6.18. The molecule has 2 nitrogen and oxygen atoms in total. The van der Waals surface area contributed by atoms with Crippen LogP contribution in [0.5, 0.6) is 0 Å². The van der Waals surface area contributed by atoms with Crippen molar-refractivity contribution >= 4 is 21.7 Å². The number of Topliss-reactive ketones (excluding diaryl/α,β-unsaturated/α-hetero) is 1. The first-order chi connectivity index (χ1) is 7.53. The van der Waals surface area contributed by atoms with E-state index in [9.17, 15) is 4.79 Å². The lowest BCUT2D eigenvalue weighted by Crippen LogP contribution is -2.52. The molecule has 0 aromatic heterocycles. The van der Waals surface area contributed by atoms with Gasteiger partial charge in [0.15, 0.2) is 5.78 Å². The Bertz CT molecular complexity index is 316. The Morgan fingerprint density at radius 3 is 2.56 bits per heavy atom. The van der Waals surface area contributed by atoms with Crippen molar-refractivity contribution in [3.63, 3.8) is 0 Å². The first-order valence-corrected chi connectivity index (χ1v) is 6.97. The van der Waals surface area contributed by atoms with Crippen LogP contribution in [0.1, 0.15) is 39.5 Å². The van der Waals surface area contributed by atoms with E-state index in [0.29, 0.717) is 6.04 Å². The number of carbonyl (C=O) groups is 1. The normalized spacial score (nSPS) is 31.3. The zero-order valence-electron chi connectivity index (χ0n) is 10.1. The van der Waals surface area contributed by atoms with Gasteiger partial charge in [-0.25, -0.2) is 0 Å². The second kappa shape index (κ2) is 4.61. The minimum atomic E-state index is -0.245. The fraction of sp³-hybridized carbons (Fsp3) is 0.769. The van der Waals surface area contributed by atoms with Gasteiger partial charge in [0.05, 0.1) is 4.48 Å². The summed E-state index contributed by atoms with van der Waals surface area (Å²) in [4.78, 5) is 14.7. The molecule has 1 atom stereocenters. The summed E-state index contributed by atoms with van der Waals surface area (Å²) in [5.41, 5.74) is -0.245. The maximum atomic E-state index is 12.2. The van der Waals surface area contributed by atoms with Crippen molar-refractivity contribution in [3.05, 3.63) is 10.6 Å². The summed E-state index contributed by atoms with van der Waals surface area (Å²) < 4.78 is 0.769. The molecule has 90 valence electrons. The van der Waals surface area contributed by atoms with Crippen LogP contribution in [0.3, 0.4) is 0 Å². The average molecular weight is 286 g/mol. The molecule has 1 aliphatic heterocycles. The van der Waals surface area contributed by atoms with Crippen LogP contribution in [0.25, 0.3) is 0 Å². The summed E-state index contributed by atoms with van der Waals surface area (Å²) in [5, 5.41) is 0. The number of hydrogen-bond donors (Lipinski definition) is 0. The van der Waals surface area contributed by atoms with Gasteiger partial charge < -0.3 is 0 Å². The van der Waals surface area contributed by atoms with Gasteiger partial charge in [0.25, 0.3) is 0 Å². The fourth-order valence-electron chi connectivity index (χ4n) is 2.90. The number of allylic oxidation sites excluding steroid dienone is 1. The van der Waals surface area contributed by atoms with Crippen molar-refractivity contribution in [2.45, 2.75) is 45.6 Å². The third-order valence-corrected chi connectivity index (χ3v) is 4.67. The lowest BCUT2D eigenvalue weighted by atomic mass is 9.74. The molecule has 1 aliphatic carbocycles. The molecule has 1 fully saturated rings. The molecule has 3 heteroatoms. The minimum Gasteiger partial charge on any atom is -0.299 e. The van der Waals surface area contributed by atoms with Gasteiger partial charge in [0.2, 0.25) is 0 Å². The molecule has 0 aromatic rings. The van der Waals surface area contributed by atoms with E-state index in [-0.39, 0.29) is 11.2 Å². The van der Waals surface area contributed by atoms with E-state index in [4.69, 9.17) is 0 Å². The maximum absolute atomic E-state index is 12.2. The highest BCUT2D eigenvalue weighted by Gasteiger charge is 2.43. The summed E-state index contributed by atoms with van der Waals surface area (Å²) >= 11 is 3.37. The van der Waals surface area contributed by atoms with Crippen LogP contribution < -0.4 is 0 Å². The van der Waals surface area contributed by atoms with Gasteiger partial charge in [-0.2, -0.15) is 0 Å². The van der Waals surface area contributed by atoms with Crippen LogP contribution in [0.15, 0.2) is 10.6 Å². The number of piperidine rings is 1. The molecule has 0 saturated carbocycles. The molecular formula is C13H20BrNO. The third kappa shape index (κ3) is 2.12. The molecule has 0 radical (unpaired) electrons. The molecule has 1 heterocycles. The quantitative estimate of drug-likeness (QED) is 0.738. The summed E-state index contributed by atoms with van der Waals surface area (Å²) in [6, 6.07) is 0.390. The number of hydrogen-bond acceptors (Lipinski definition) is 2. The van der Waals surface area contributed by atoms with Crippen molar-refractivity contribution in [2.24, 2.45) is 5.41 Å². The number of nitrogens with zero attached hydrogens (tertiary/aromatic N) is 1. The molecule has 16 heavy (non-hydrogen) atoms. The Morgan fingerprint density at radius 1 is 1.31 bits per heavy atom. The van der Waals surface area contributed by atoms with Crippen molar-refractivity contribution < 1.29 is 4.79 Å². The Labute approximate surface area is 106 Å². The van der Waals surface area contributed by atoms with Gasteiger partial charge in [-0.05, 0) is 48.3 Å². The predicted molar refractivity (Wildman–Crippen MR) is 69.6 cm³/mol. The summed E-state index contributed by atoms with van der Waals surface area (Å²) in [6.45, 7) is 6.49. The summed E-state index contributed by atoms with van der Waals surface area (Å²) in [6.07, 6.45) is 6.96.